The smallest absolute Gasteiger partial charge is 0.255 e. The van der Waals surface area contributed by atoms with E-state index in [2.05, 4.69) is 20.3 Å². The summed E-state index contributed by atoms with van der Waals surface area (Å²) in [6.07, 6.45) is 5.99. The van der Waals surface area contributed by atoms with E-state index in [1.165, 1.54) is 0 Å². The molecule has 3 aromatic rings. The molecule has 128 valence electrons. The molecular formula is C17H18N6O2. The molecule has 0 atom stereocenters. The summed E-state index contributed by atoms with van der Waals surface area (Å²) in [6.45, 7) is 2.17. The highest BCUT2D eigenvalue weighted by atomic mass is 16.5. The second kappa shape index (κ2) is 6.76. The third-order valence-electron chi connectivity index (χ3n) is 4.18. The molecule has 0 fully saturated rings. The maximum absolute atomic E-state index is 12.7. The van der Waals surface area contributed by atoms with E-state index in [1.54, 1.807) is 30.7 Å². The molecule has 0 aromatic carbocycles. The number of aromatic nitrogens is 5. The lowest BCUT2D eigenvalue weighted by Crippen LogP contribution is -2.30. The zero-order valence-electron chi connectivity index (χ0n) is 13.6. The average molecular weight is 338 g/mol. The van der Waals surface area contributed by atoms with Gasteiger partial charge in [0.15, 0.2) is 0 Å². The largest absolute Gasteiger partial charge is 0.471 e. The van der Waals surface area contributed by atoms with Crippen LogP contribution in [0.4, 0.5) is 0 Å². The summed E-state index contributed by atoms with van der Waals surface area (Å²) >= 11 is 0. The van der Waals surface area contributed by atoms with Gasteiger partial charge in [0, 0.05) is 37.7 Å². The van der Waals surface area contributed by atoms with Gasteiger partial charge >= 0.3 is 0 Å². The van der Waals surface area contributed by atoms with Crippen molar-refractivity contribution in [2.75, 3.05) is 6.54 Å². The summed E-state index contributed by atoms with van der Waals surface area (Å²) in [4.78, 5) is 21.5. The van der Waals surface area contributed by atoms with Gasteiger partial charge in [0.05, 0.1) is 17.8 Å². The van der Waals surface area contributed by atoms with Crippen LogP contribution in [0.3, 0.4) is 0 Å². The van der Waals surface area contributed by atoms with Crippen molar-refractivity contribution >= 4 is 5.91 Å². The monoisotopic (exact) mass is 338 g/mol. The fraction of sp³-hybridized carbons (Fsp3) is 0.294. The summed E-state index contributed by atoms with van der Waals surface area (Å²) in [5.41, 5.74) is 2.31. The lowest BCUT2D eigenvalue weighted by molar-refractivity contribution is 0.0745. The number of aromatic amines is 1. The van der Waals surface area contributed by atoms with Crippen molar-refractivity contribution in [3.63, 3.8) is 0 Å². The average Bonchev–Trinajstić information content (AvgIpc) is 3.26. The van der Waals surface area contributed by atoms with Gasteiger partial charge in [0.2, 0.25) is 5.88 Å². The first-order chi connectivity index (χ1) is 12.3. The summed E-state index contributed by atoms with van der Waals surface area (Å²) in [6, 6.07) is 7.28. The van der Waals surface area contributed by atoms with E-state index in [9.17, 15) is 4.79 Å². The van der Waals surface area contributed by atoms with Crippen molar-refractivity contribution in [3.05, 3.63) is 59.8 Å². The van der Waals surface area contributed by atoms with Gasteiger partial charge in [-0.2, -0.15) is 0 Å². The molecule has 0 saturated heterocycles. The number of nitrogens with one attached hydrogen (secondary N) is 1. The van der Waals surface area contributed by atoms with Crippen LogP contribution in [0.25, 0.3) is 0 Å². The number of ether oxygens (including phenoxy) is 1. The zero-order chi connectivity index (χ0) is 17.1. The Labute approximate surface area is 144 Å². The zero-order valence-corrected chi connectivity index (χ0v) is 13.6. The second-order valence-electron chi connectivity index (χ2n) is 5.84. The van der Waals surface area contributed by atoms with Crippen molar-refractivity contribution in [2.45, 2.75) is 26.1 Å². The Balaban J connectivity index is 1.52. The minimum absolute atomic E-state index is 0.00694. The number of pyridine rings is 1. The Bertz CT molecular complexity index is 843. The number of hydrogen-bond donors (Lipinski definition) is 1. The number of nitrogens with zero attached hydrogens (tertiary/aromatic N) is 5. The van der Waals surface area contributed by atoms with E-state index in [1.807, 2.05) is 21.7 Å². The Morgan fingerprint density at radius 3 is 3.04 bits per heavy atom. The molecule has 4 rings (SSSR count). The van der Waals surface area contributed by atoms with Crippen molar-refractivity contribution in [1.82, 2.24) is 29.9 Å². The highest BCUT2D eigenvalue weighted by molar-refractivity contribution is 5.94. The lowest BCUT2D eigenvalue weighted by Gasteiger charge is -2.19. The van der Waals surface area contributed by atoms with Crippen molar-refractivity contribution in [1.29, 1.82) is 0 Å². The predicted molar refractivity (Wildman–Crippen MR) is 88.7 cm³/mol. The number of H-pyrrole nitrogens is 1. The Kier molecular flexibility index (Phi) is 4.16. The van der Waals surface area contributed by atoms with Crippen LogP contribution in [0.15, 0.2) is 42.9 Å². The SMILES string of the molecule is O=C(c1cc[nH]c1)N1CCCn2nnc(COc3ccccn3)c2C1. The summed E-state index contributed by atoms with van der Waals surface area (Å²) in [5.74, 6) is 0.547. The normalized spacial score (nSPS) is 14.0. The van der Waals surface area contributed by atoms with Crippen molar-refractivity contribution in [3.8, 4) is 5.88 Å². The van der Waals surface area contributed by atoms with Gasteiger partial charge in [0.1, 0.15) is 12.3 Å². The summed E-state index contributed by atoms with van der Waals surface area (Å²) in [5, 5.41) is 8.43. The predicted octanol–water partition coefficient (Wildman–Crippen LogP) is 1.63. The van der Waals surface area contributed by atoms with Crippen LogP contribution in [-0.2, 0) is 19.7 Å². The molecule has 1 aliphatic heterocycles. The van der Waals surface area contributed by atoms with Crippen LogP contribution in [0.5, 0.6) is 5.88 Å². The number of carbonyl (C=O) groups excluding carboxylic acids is 1. The summed E-state index contributed by atoms with van der Waals surface area (Å²) < 4.78 is 7.55. The molecule has 0 saturated carbocycles. The number of carbonyl (C=O) groups is 1. The maximum Gasteiger partial charge on any atom is 0.255 e. The maximum atomic E-state index is 12.7. The molecule has 8 heteroatoms. The number of aryl methyl sites for hydroxylation is 1. The first-order valence-corrected chi connectivity index (χ1v) is 8.18. The van der Waals surface area contributed by atoms with Gasteiger partial charge < -0.3 is 14.6 Å². The fourth-order valence-electron chi connectivity index (χ4n) is 2.89. The topological polar surface area (TPSA) is 88.9 Å². The molecule has 1 N–H and O–H groups in total. The minimum atomic E-state index is 0.00694. The van der Waals surface area contributed by atoms with Gasteiger partial charge in [-0.05, 0) is 18.6 Å². The molecule has 0 unspecified atom stereocenters. The van der Waals surface area contributed by atoms with Gasteiger partial charge in [-0.15, -0.1) is 5.10 Å². The highest BCUT2D eigenvalue weighted by Gasteiger charge is 2.24. The Morgan fingerprint density at radius 2 is 2.24 bits per heavy atom. The third kappa shape index (κ3) is 3.23. The highest BCUT2D eigenvalue weighted by Crippen LogP contribution is 2.18. The van der Waals surface area contributed by atoms with Gasteiger partial charge in [-0.1, -0.05) is 11.3 Å². The van der Waals surface area contributed by atoms with Crippen LogP contribution in [0, 0.1) is 0 Å². The molecule has 3 aromatic heterocycles. The molecule has 1 aliphatic rings. The Hall–Kier alpha value is -3.16. The lowest BCUT2D eigenvalue weighted by atomic mass is 10.2. The van der Waals surface area contributed by atoms with Gasteiger partial charge in [-0.3, -0.25) is 4.79 Å². The first kappa shape index (κ1) is 15.4. The number of amides is 1. The van der Waals surface area contributed by atoms with Crippen molar-refractivity contribution in [2.24, 2.45) is 0 Å². The van der Waals surface area contributed by atoms with Crippen LogP contribution in [0.2, 0.25) is 0 Å². The molecule has 1 amide bonds. The minimum Gasteiger partial charge on any atom is -0.471 e. The van der Waals surface area contributed by atoms with Crippen LogP contribution >= 0.6 is 0 Å². The van der Waals surface area contributed by atoms with Crippen LogP contribution in [-0.4, -0.2) is 42.3 Å². The van der Waals surface area contributed by atoms with E-state index in [-0.39, 0.29) is 12.5 Å². The molecule has 0 aliphatic carbocycles. The van der Waals surface area contributed by atoms with Crippen molar-refractivity contribution < 1.29 is 9.53 Å². The molecule has 0 radical (unpaired) electrons. The quantitative estimate of drug-likeness (QED) is 0.781. The standard InChI is InChI=1S/C17H18N6O2/c24-17(13-5-7-18-10-13)22-8-3-9-23-15(11-22)14(20-21-23)12-25-16-4-1-2-6-19-16/h1-2,4-7,10,18H,3,8-9,11-12H2. The summed E-state index contributed by atoms with van der Waals surface area (Å²) in [7, 11) is 0. The van der Waals surface area contributed by atoms with E-state index in [0.717, 1.165) is 24.4 Å². The number of hydrogen-bond acceptors (Lipinski definition) is 5. The van der Waals surface area contributed by atoms with Gasteiger partial charge in [0.25, 0.3) is 5.91 Å². The van der Waals surface area contributed by atoms with E-state index in [0.29, 0.717) is 24.5 Å². The van der Waals surface area contributed by atoms with E-state index < -0.39 is 0 Å². The fourth-order valence-corrected chi connectivity index (χ4v) is 2.89. The van der Waals surface area contributed by atoms with E-state index in [4.69, 9.17) is 4.74 Å². The molecule has 4 heterocycles. The van der Waals surface area contributed by atoms with Crippen LogP contribution < -0.4 is 4.74 Å². The number of fused-ring (bicyclic) bond motifs is 1. The molecular weight excluding hydrogens is 320 g/mol. The third-order valence-corrected chi connectivity index (χ3v) is 4.18. The van der Waals surface area contributed by atoms with E-state index >= 15 is 0 Å². The van der Waals surface area contributed by atoms with Crippen LogP contribution in [0.1, 0.15) is 28.2 Å². The molecule has 25 heavy (non-hydrogen) atoms. The second-order valence-corrected chi connectivity index (χ2v) is 5.84. The molecule has 0 spiro atoms. The molecule has 0 bridgehead atoms. The first-order valence-electron chi connectivity index (χ1n) is 8.18. The Morgan fingerprint density at radius 1 is 1.28 bits per heavy atom. The molecule has 8 nitrogen and oxygen atoms in total. The van der Waals surface area contributed by atoms with Gasteiger partial charge in [-0.25, -0.2) is 9.67 Å². The number of rotatable bonds is 4.